The SMILES string of the molecule is CC(NC(=O)C(=Cc1ccc(Br)cc1)NC(=O)c1ccc(Br)o1)C(=O)O. The largest absolute Gasteiger partial charge is 0.480 e. The molecular formula is C17H14Br2N2O5. The van der Waals surface area contributed by atoms with Crippen LogP contribution in [0.5, 0.6) is 0 Å². The number of furan rings is 1. The van der Waals surface area contributed by atoms with E-state index in [-0.39, 0.29) is 11.5 Å². The van der Waals surface area contributed by atoms with E-state index in [0.29, 0.717) is 10.2 Å². The molecule has 1 atom stereocenters. The van der Waals surface area contributed by atoms with Gasteiger partial charge in [-0.3, -0.25) is 14.4 Å². The van der Waals surface area contributed by atoms with Crippen LogP contribution in [0.3, 0.4) is 0 Å². The molecule has 9 heteroatoms. The maximum absolute atomic E-state index is 12.4. The first kappa shape index (κ1) is 19.9. The molecular weight excluding hydrogens is 472 g/mol. The topological polar surface area (TPSA) is 109 Å². The van der Waals surface area contributed by atoms with E-state index in [1.807, 2.05) is 0 Å². The quantitative estimate of drug-likeness (QED) is 0.544. The minimum Gasteiger partial charge on any atom is -0.480 e. The summed E-state index contributed by atoms with van der Waals surface area (Å²) in [5, 5.41) is 13.7. The summed E-state index contributed by atoms with van der Waals surface area (Å²) in [5.74, 6) is -2.57. The van der Waals surface area contributed by atoms with E-state index in [1.165, 1.54) is 19.1 Å². The zero-order valence-corrected chi connectivity index (χ0v) is 16.6. The summed E-state index contributed by atoms with van der Waals surface area (Å²) >= 11 is 6.41. The van der Waals surface area contributed by atoms with Gasteiger partial charge in [0.25, 0.3) is 11.8 Å². The number of nitrogens with one attached hydrogen (secondary N) is 2. The van der Waals surface area contributed by atoms with Crippen molar-refractivity contribution < 1.29 is 23.9 Å². The summed E-state index contributed by atoms with van der Waals surface area (Å²) in [6.45, 7) is 1.32. The fourth-order valence-corrected chi connectivity index (χ4v) is 2.41. The Balaban J connectivity index is 2.28. The van der Waals surface area contributed by atoms with Gasteiger partial charge in [-0.2, -0.15) is 0 Å². The number of rotatable bonds is 6. The second kappa shape index (κ2) is 8.81. The van der Waals surface area contributed by atoms with Crippen molar-refractivity contribution >= 4 is 55.7 Å². The maximum Gasteiger partial charge on any atom is 0.325 e. The van der Waals surface area contributed by atoms with Crippen LogP contribution in [-0.2, 0) is 9.59 Å². The van der Waals surface area contributed by atoms with Gasteiger partial charge in [-0.15, -0.1) is 0 Å². The van der Waals surface area contributed by atoms with Gasteiger partial charge in [0.2, 0.25) is 0 Å². The molecule has 0 spiro atoms. The number of halogens is 2. The van der Waals surface area contributed by atoms with Crippen molar-refractivity contribution in [1.82, 2.24) is 10.6 Å². The monoisotopic (exact) mass is 484 g/mol. The highest BCUT2D eigenvalue weighted by atomic mass is 79.9. The van der Waals surface area contributed by atoms with E-state index in [9.17, 15) is 14.4 Å². The van der Waals surface area contributed by atoms with Crippen molar-refractivity contribution in [2.75, 3.05) is 0 Å². The van der Waals surface area contributed by atoms with Crippen LogP contribution in [-0.4, -0.2) is 28.9 Å². The number of hydrogen-bond donors (Lipinski definition) is 3. The van der Waals surface area contributed by atoms with Gasteiger partial charge in [-0.05, 0) is 58.8 Å². The first-order valence-electron chi connectivity index (χ1n) is 7.34. The molecule has 1 aromatic heterocycles. The normalized spacial score (nSPS) is 12.3. The summed E-state index contributed by atoms with van der Waals surface area (Å²) in [5.41, 5.74) is 0.528. The summed E-state index contributed by atoms with van der Waals surface area (Å²) in [6, 6.07) is 8.86. The Morgan fingerprint density at radius 2 is 1.77 bits per heavy atom. The van der Waals surface area contributed by atoms with Crippen LogP contribution >= 0.6 is 31.9 Å². The molecule has 0 bridgehead atoms. The molecule has 0 aliphatic rings. The lowest BCUT2D eigenvalue weighted by molar-refractivity contribution is -0.140. The third-order valence-corrected chi connectivity index (χ3v) is 4.14. The zero-order chi connectivity index (χ0) is 19.3. The van der Waals surface area contributed by atoms with E-state index in [4.69, 9.17) is 9.52 Å². The number of amides is 2. The van der Waals surface area contributed by atoms with E-state index in [1.54, 1.807) is 30.3 Å². The lowest BCUT2D eigenvalue weighted by Gasteiger charge is -2.13. The standard InChI is InChI=1S/C17H14Br2N2O5/c1-9(17(24)25)20-15(22)12(8-10-2-4-11(18)5-3-10)21-16(23)13-6-7-14(19)26-13/h2-9H,1H3,(H,20,22)(H,21,23)(H,24,25). The predicted molar refractivity (Wildman–Crippen MR) is 101 cm³/mol. The third-order valence-electron chi connectivity index (χ3n) is 3.19. The van der Waals surface area contributed by atoms with Gasteiger partial charge in [0, 0.05) is 4.47 Å². The molecule has 0 aliphatic carbocycles. The molecule has 0 saturated heterocycles. The first-order valence-corrected chi connectivity index (χ1v) is 8.92. The second-order valence-electron chi connectivity index (χ2n) is 5.20. The summed E-state index contributed by atoms with van der Waals surface area (Å²) in [7, 11) is 0. The Hall–Kier alpha value is -2.39. The molecule has 2 amide bonds. The average molecular weight is 486 g/mol. The number of carbonyl (C=O) groups excluding carboxylic acids is 2. The van der Waals surface area contributed by atoms with E-state index in [0.717, 1.165) is 4.47 Å². The van der Waals surface area contributed by atoms with Gasteiger partial charge in [0.05, 0.1) is 0 Å². The van der Waals surface area contributed by atoms with Crippen LogP contribution in [0.4, 0.5) is 0 Å². The molecule has 1 unspecified atom stereocenters. The molecule has 0 radical (unpaired) electrons. The van der Waals surface area contributed by atoms with Crippen molar-refractivity contribution in [2.45, 2.75) is 13.0 Å². The molecule has 2 rings (SSSR count). The van der Waals surface area contributed by atoms with Crippen molar-refractivity contribution in [1.29, 1.82) is 0 Å². The molecule has 2 aromatic rings. The number of benzene rings is 1. The van der Waals surface area contributed by atoms with Crippen LogP contribution < -0.4 is 10.6 Å². The Morgan fingerprint density at radius 3 is 2.31 bits per heavy atom. The molecule has 0 saturated carbocycles. The molecule has 136 valence electrons. The molecule has 0 aliphatic heterocycles. The fourth-order valence-electron chi connectivity index (χ4n) is 1.84. The van der Waals surface area contributed by atoms with Gasteiger partial charge in [-0.25, -0.2) is 0 Å². The van der Waals surface area contributed by atoms with Crippen LogP contribution in [0.25, 0.3) is 6.08 Å². The number of carboxylic acid groups (broad SMARTS) is 1. The lowest BCUT2D eigenvalue weighted by atomic mass is 10.2. The van der Waals surface area contributed by atoms with Crippen LogP contribution in [0.15, 0.2) is 55.7 Å². The van der Waals surface area contributed by atoms with Crippen molar-refractivity contribution in [3.05, 3.63) is 62.6 Å². The Labute approximate surface area is 165 Å². The third kappa shape index (κ3) is 5.57. The fraction of sp³-hybridized carbons (Fsp3) is 0.118. The molecule has 1 heterocycles. The molecule has 26 heavy (non-hydrogen) atoms. The van der Waals surface area contributed by atoms with Crippen molar-refractivity contribution in [2.24, 2.45) is 0 Å². The summed E-state index contributed by atoms with van der Waals surface area (Å²) in [6.07, 6.45) is 1.44. The van der Waals surface area contributed by atoms with Gasteiger partial charge >= 0.3 is 5.97 Å². The Morgan fingerprint density at radius 1 is 1.12 bits per heavy atom. The zero-order valence-electron chi connectivity index (χ0n) is 13.5. The Kier molecular flexibility index (Phi) is 6.76. The minimum atomic E-state index is -1.19. The predicted octanol–water partition coefficient (Wildman–Crippen LogP) is 3.16. The average Bonchev–Trinajstić information content (AvgIpc) is 3.02. The minimum absolute atomic E-state index is 0.00216. The number of carbonyl (C=O) groups is 3. The number of carboxylic acids is 1. The van der Waals surface area contributed by atoms with Gasteiger partial charge in [-0.1, -0.05) is 28.1 Å². The van der Waals surface area contributed by atoms with Crippen LogP contribution in [0.2, 0.25) is 0 Å². The number of hydrogen-bond acceptors (Lipinski definition) is 4. The molecule has 1 aromatic carbocycles. The van der Waals surface area contributed by atoms with E-state index in [2.05, 4.69) is 42.5 Å². The highest BCUT2D eigenvalue weighted by molar-refractivity contribution is 9.10. The molecule has 3 N–H and O–H groups in total. The highest BCUT2D eigenvalue weighted by Crippen LogP contribution is 2.16. The van der Waals surface area contributed by atoms with Gasteiger partial charge in [0.1, 0.15) is 11.7 Å². The molecule has 7 nitrogen and oxygen atoms in total. The number of aliphatic carboxylic acids is 1. The van der Waals surface area contributed by atoms with Crippen LogP contribution in [0, 0.1) is 0 Å². The van der Waals surface area contributed by atoms with Crippen molar-refractivity contribution in [3.63, 3.8) is 0 Å². The smallest absolute Gasteiger partial charge is 0.325 e. The summed E-state index contributed by atoms with van der Waals surface area (Å²) < 4.78 is 6.37. The first-order chi connectivity index (χ1) is 12.3. The lowest BCUT2D eigenvalue weighted by Crippen LogP contribution is -2.42. The van der Waals surface area contributed by atoms with Gasteiger partial charge < -0.3 is 20.2 Å². The Bertz CT molecular complexity index is 858. The highest BCUT2D eigenvalue weighted by Gasteiger charge is 2.20. The summed E-state index contributed by atoms with van der Waals surface area (Å²) in [4.78, 5) is 35.6. The van der Waals surface area contributed by atoms with E-state index < -0.39 is 23.8 Å². The van der Waals surface area contributed by atoms with Crippen LogP contribution in [0.1, 0.15) is 23.0 Å². The van der Waals surface area contributed by atoms with Crippen molar-refractivity contribution in [3.8, 4) is 0 Å². The second-order valence-corrected chi connectivity index (χ2v) is 6.90. The van der Waals surface area contributed by atoms with E-state index >= 15 is 0 Å². The molecule has 0 fully saturated rings. The van der Waals surface area contributed by atoms with Gasteiger partial charge in [0.15, 0.2) is 10.4 Å². The maximum atomic E-state index is 12.4.